The maximum absolute atomic E-state index is 15.1. The topological polar surface area (TPSA) is 616 Å². The number of rotatable bonds is 51. The molecule has 0 spiro atoms. The lowest BCUT2D eigenvalue weighted by Crippen LogP contribution is -2.62. The predicted molar refractivity (Wildman–Crippen MR) is 416 cm³/mol. The number of carboxylic acids is 2. The molecule has 3 aromatic rings. The smallest absolute Gasteiger partial charge is 0.326 e. The number of aromatic amines is 2. The van der Waals surface area contributed by atoms with Crippen molar-refractivity contribution in [1.82, 2.24) is 78.3 Å². The number of aromatic nitrogens is 3. The van der Waals surface area contributed by atoms with E-state index in [1.54, 1.807) is 78.3 Å². The van der Waals surface area contributed by atoms with Gasteiger partial charge in [-0.3, -0.25) is 67.3 Å². The number of guanidine groups is 1. The number of fused-ring (bicyclic) bond motifs is 1. The molecule has 1 fully saturated rings. The number of H-pyrrole nitrogens is 2. The molecule has 0 bridgehead atoms. The fourth-order valence-corrected chi connectivity index (χ4v) is 13.0. The maximum Gasteiger partial charge on any atom is 0.326 e. The second-order valence-corrected chi connectivity index (χ2v) is 30.3. The Morgan fingerprint density at radius 2 is 1.07 bits per heavy atom. The number of nitrogens with one attached hydrogen (secondary N) is 13. The van der Waals surface area contributed by atoms with Crippen LogP contribution < -0.4 is 81.4 Å². The Balaban J connectivity index is 1.60. The molecule has 4 rings (SSSR count). The number of carbonyl (C=O) groups is 14. The van der Waals surface area contributed by atoms with Gasteiger partial charge in [0.15, 0.2) is 5.96 Å². The summed E-state index contributed by atoms with van der Waals surface area (Å²) in [6, 6.07) is -11.9. The van der Waals surface area contributed by atoms with Crippen molar-refractivity contribution >= 4 is 111 Å². The number of aliphatic hydroxyl groups excluding tert-OH is 2. The van der Waals surface area contributed by atoms with Crippen LogP contribution in [-0.2, 0) is 80.0 Å². The third-order valence-electron chi connectivity index (χ3n) is 18.7. The predicted octanol–water partition coefficient (Wildman–Crippen LogP) is -3.01. The third-order valence-corrected chi connectivity index (χ3v) is 19.4. The van der Waals surface area contributed by atoms with Crippen molar-refractivity contribution in [3.63, 3.8) is 0 Å². The van der Waals surface area contributed by atoms with Gasteiger partial charge in [-0.2, -0.15) is 11.8 Å². The Labute approximate surface area is 655 Å². The molecule has 0 saturated carbocycles. The molecule has 0 aliphatic carbocycles. The molecule has 2 aromatic heterocycles. The van der Waals surface area contributed by atoms with Gasteiger partial charge in [0.05, 0.1) is 32.0 Å². The van der Waals surface area contributed by atoms with E-state index in [0.717, 1.165) is 0 Å². The number of unbranched alkanes of at least 4 members (excludes halogenated alkanes) is 1. The summed E-state index contributed by atoms with van der Waals surface area (Å²) < 4.78 is 0. The molecule has 14 atom stereocenters. The van der Waals surface area contributed by atoms with Crippen LogP contribution in [0.4, 0.5) is 0 Å². The zero-order valence-corrected chi connectivity index (χ0v) is 66.1. The summed E-state index contributed by atoms with van der Waals surface area (Å²) in [5.74, 6) is -15.5. The van der Waals surface area contributed by atoms with Crippen molar-refractivity contribution in [2.45, 2.75) is 230 Å². The summed E-state index contributed by atoms with van der Waals surface area (Å²) in [6.45, 7) is 12.4. The highest BCUT2D eigenvalue weighted by Crippen LogP contribution is 2.23. The Bertz CT molecular complexity index is 3650. The van der Waals surface area contributed by atoms with Crippen molar-refractivity contribution in [2.75, 3.05) is 44.9 Å². The lowest BCUT2D eigenvalue weighted by atomic mass is 9.95. The van der Waals surface area contributed by atoms with Crippen LogP contribution >= 0.6 is 11.8 Å². The molecule has 1 aliphatic rings. The third kappa shape index (κ3) is 31.3. The largest absolute Gasteiger partial charge is 0.481 e. The minimum atomic E-state index is -2.02. The number of aliphatic imine (C=N–C) groups is 1. The Morgan fingerprint density at radius 3 is 1.59 bits per heavy atom. The number of carbonyl (C=O) groups excluding carboxylic acids is 12. The molecule has 1 aromatic carbocycles. The number of aliphatic hydroxyl groups is 2. The molecule has 112 heavy (non-hydrogen) atoms. The first kappa shape index (κ1) is 94.4. The van der Waals surface area contributed by atoms with E-state index in [9.17, 15) is 78.0 Å². The van der Waals surface area contributed by atoms with Gasteiger partial charge in [0, 0.05) is 54.9 Å². The lowest BCUT2D eigenvalue weighted by molar-refractivity contribution is -0.143. The van der Waals surface area contributed by atoms with Gasteiger partial charge in [-0.15, -0.1) is 0 Å². The van der Waals surface area contributed by atoms with Crippen molar-refractivity contribution < 1.29 is 87.5 Å². The number of aliphatic carboxylic acids is 2. The van der Waals surface area contributed by atoms with Crippen LogP contribution in [0.2, 0.25) is 0 Å². The second kappa shape index (κ2) is 48.0. The van der Waals surface area contributed by atoms with E-state index in [1.165, 1.54) is 29.2 Å². The normalized spacial score (nSPS) is 16.2. The summed E-state index contributed by atoms with van der Waals surface area (Å²) in [5.41, 5.74) is 24.9. The molecule has 12 amide bonds. The van der Waals surface area contributed by atoms with Crippen LogP contribution in [0.1, 0.15) is 150 Å². The van der Waals surface area contributed by atoms with E-state index >= 15 is 9.59 Å². The monoisotopic (exact) mass is 1590 g/mol. The second-order valence-electron chi connectivity index (χ2n) is 29.3. The number of hydrogen-bond donors (Lipinski definition) is 21. The summed E-state index contributed by atoms with van der Waals surface area (Å²) in [4.78, 5) is 211. The van der Waals surface area contributed by atoms with Crippen LogP contribution in [-0.4, -0.2) is 252 Å². The lowest BCUT2D eigenvalue weighted by Gasteiger charge is -2.30. The van der Waals surface area contributed by atoms with Gasteiger partial charge in [0.1, 0.15) is 72.5 Å². The number of hydrogen-bond acceptors (Lipinski definition) is 21. The van der Waals surface area contributed by atoms with Crippen molar-refractivity contribution in [3.05, 3.63) is 54.2 Å². The number of para-hydroxylation sites is 1. The highest BCUT2D eigenvalue weighted by molar-refractivity contribution is 7.98. The number of benzene rings is 1. The molecule has 0 unspecified atom stereocenters. The quantitative estimate of drug-likeness (QED) is 0.0152. The van der Waals surface area contributed by atoms with Crippen LogP contribution in [0.5, 0.6) is 0 Å². The van der Waals surface area contributed by atoms with Crippen LogP contribution in [0.3, 0.4) is 0 Å². The van der Waals surface area contributed by atoms with E-state index < -0.39 is 187 Å². The fraction of sp³-hybridized carbons (Fsp3) is 0.644. The standard InChI is InChI=1S/C73H118N20O18S/c1-10-41(8)59(70(108)89-52(29-40(6)7)63(101)85-50(27-38(2)3)62(100)84-49(72(110)111)19-13-14-23-74)92-66(104)53(30-42-33-80-46-18-12-11-17-44(42)46)87-60(98)47(20-15-24-79-73(76)77)82-61(99)48(22-26-112-9)83-65(103)54(32-58(96)97)88-67(105)55(35-94)90-64(102)51(28-39(4)5)86-68(106)56(36-95)91-69(107)57-21-16-25-93(57)71(109)45(75)31-43-34-78-37-81-43/h11-12,17-18,33-34,37-41,45,47-57,59,80,94-95H,10,13-16,19-32,35-36,74-75H2,1-9H3,(H,78,81)(H,82,99)(H,83,103)(H,84,100)(H,85,101)(H,86,106)(H,87,98)(H,88,105)(H,89,108)(H,90,102)(H,91,107)(H,92,104)(H,96,97)(H,110,111)(H4,76,77,79)/t41-,45-,47-,48-,49-,50-,51-,52-,53-,54-,55-,56-,57-,59-/m0/s1. The van der Waals surface area contributed by atoms with Crippen molar-refractivity contribution in [2.24, 2.45) is 51.6 Å². The van der Waals surface area contributed by atoms with Gasteiger partial charge < -0.3 is 117 Å². The molecule has 38 nitrogen and oxygen atoms in total. The highest BCUT2D eigenvalue weighted by Gasteiger charge is 2.41. The summed E-state index contributed by atoms with van der Waals surface area (Å²) in [6.07, 6.45) is 6.62. The average Bonchev–Trinajstić information content (AvgIpc) is 1.66. The van der Waals surface area contributed by atoms with E-state index in [2.05, 4.69) is 78.4 Å². The van der Waals surface area contributed by atoms with Gasteiger partial charge in [-0.05, 0) is 124 Å². The number of imidazole rings is 1. The molecule has 0 radical (unpaired) electrons. The molecule has 1 aliphatic heterocycles. The minimum absolute atomic E-state index is 0.0236. The number of nitrogens with two attached hydrogens (primary N) is 4. The van der Waals surface area contributed by atoms with E-state index in [4.69, 9.17) is 22.9 Å². The van der Waals surface area contributed by atoms with Crippen LogP contribution in [0, 0.1) is 23.7 Å². The fourth-order valence-electron chi connectivity index (χ4n) is 12.5. The SMILES string of the molecule is CC[C@H](C)[C@H](NC(=O)[C@H](Cc1c[nH]c2ccccc12)NC(=O)[C@H](CCCN=C(N)N)NC(=O)[C@H](CCSC)NC(=O)[C@H](CC(=O)O)NC(=O)[C@H](CO)NC(=O)[C@H](CC(C)C)NC(=O)[C@H](CO)NC(=O)[C@@H]1CCCN1C(=O)[C@@H](N)Cc1cnc[nH]1)C(=O)N[C@@H](CC(C)C)C(=O)N[C@@H](CC(C)C)C(=O)N[C@@H](CCCCN)C(=O)O. The first-order chi connectivity index (χ1) is 53.1. The van der Waals surface area contributed by atoms with E-state index in [-0.39, 0.29) is 107 Å². The van der Waals surface area contributed by atoms with Gasteiger partial charge >= 0.3 is 11.9 Å². The van der Waals surface area contributed by atoms with Crippen molar-refractivity contribution in [3.8, 4) is 0 Å². The van der Waals surface area contributed by atoms with Gasteiger partial charge in [0.2, 0.25) is 70.9 Å². The molecule has 3 heterocycles. The first-order valence-electron chi connectivity index (χ1n) is 37.9. The zero-order valence-electron chi connectivity index (χ0n) is 65.3. The summed E-state index contributed by atoms with van der Waals surface area (Å²) >= 11 is 1.24. The zero-order chi connectivity index (χ0) is 83.5. The maximum atomic E-state index is 15.1. The average molecular weight is 1600 g/mol. The van der Waals surface area contributed by atoms with Gasteiger partial charge in [-0.25, -0.2) is 9.78 Å². The molecule has 624 valence electrons. The Hall–Kier alpha value is -9.99. The highest BCUT2D eigenvalue weighted by atomic mass is 32.2. The van der Waals surface area contributed by atoms with E-state index in [1.807, 2.05) is 13.8 Å². The summed E-state index contributed by atoms with van der Waals surface area (Å²) in [7, 11) is 0. The molecular weight excluding hydrogens is 1480 g/mol. The molecule has 39 heteroatoms. The minimum Gasteiger partial charge on any atom is -0.481 e. The molecule has 25 N–H and O–H groups in total. The number of thioether (sulfide) groups is 1. The number of carboxylic acid groups (broad SMARTS) is 2. The van der Waals surface area contributed by atoms with Crippen LogP contribution in [0.25, 0.3) is 10.9 Å². The number of likely N-dealkylation sites (tertiary alicyclic amines) is 1. The van der Waals surface area contributed by atoms with Gasteiger partial charge in [-0.1, -0.05) is 80.0 Å². The Morgan fingerprint density at radius 1 is 0.589 bits per heavy atom. The van der Waals surface area contributed by atoms with Crippen molar-refractivity contribution in [1.29, 1.82) is 0 Å². The molecular formula is C73H118N20O18S. The number of nitrogens with zero attached hydrogens (tertiary/aromatic N) is 3. The van der Waals surface area contributed by atoms with Gasteiger partial charge in [0.25, 0.3) is 0 Å². The van der Waals surface area contributed by atoms with E-state index in [0.29, 0.717) is 54.4 Å². The number of amides is 12. The summed E-state index contributed by atoms with van der Waals surface area (Å²) in [5, 5.41) is 69.7. The van der Waals surface area contributed by atoms with Crippen LogP contribution in [0.15, 0.2) is 48.0 Å². The molecule has 1 saturated heterocycles. The first-order valence-corrected chi connectivity index (χ1v) is 39.3. The Kier molecular flexibility index (Phi) is 40.5.